The van der Waals surface area contributed by atoms with Crippen LogP contribution in [-0.4, -0.2) is 18.7 Å². The van der Waals surface area contributed by atoms with Crippen molar-refractivity contribution in [1.82, 2.24) is 5.32 Å². The summed E-state index contributed by atoms with van der Waals surface area (Å²) in [6, 6.07) is 5.73. The molecule has 100 valence electrons. The summed E-state index contributed by atoms with van der Waals surface area (Å²) in [6.07, 6.45) is 1.01. The summed E-state index contributed by atoms with van der Waals surface area (Å²) in [6.45, 7) is 9.13. The fourth-order valence-electron chi connectivity index (χ4n) is 2.23. The Labute approximate surface area is 109 Å². The number of rotatable bonds is 2. The van der Waals surface area contributed by atoms with Crippen LogP contribution in [-0.2, 0) is 5.41 Å². The van der Waals surface area contributed by atoms with Crippen LogP contribution >= 0.6 is 0 Å². The molecule has 1 heterocycles. The summed E-state index contributed by atoms with van der Waals surface area (Å²) in [5.41, 5.74) is 0.952. The Morgan fingerprint density at radius 3 is 2.56 bits per heavy atom. The zero-order valence-electron chi connectivity index (χ0n) is 11.6. The van der Waals surface area contributed by atoms with E-state index in [2.05, 4.69) is 33.0 Å². The van der Waals surface area contributed by atoms with Crippen molar-refractivity contribution in [2.75, 3.05) is 6.54 Å². The Kier molecular flexibility index (Phi) is 3.62. The van der Waals surface area contributed by atoms with Gasteiger partial charge in [0.15, 0.2) is 11.6 Å². The highest BCUT2D eigenvalue weighted by atomic mass is 19.1. The van der Waals surface area contributed by atoms with Gasteiger partial charge in [-0.05, 0) is 30.0 Å². The van der Waals surface area contributed by atoms with Crippen molar-refractivity contribution >= 4 is 0 Å². The summed E-state index contributed by atoms with van der Waals surface area (Å²) in [7, 11) is 0. The van der Waals surface area contributed by atoms with E-state index < -0.39 is 0 Å². The molecular formula is C15H22FNO. The van der Waals surface area contributed by atoms with Crippen molar-refractivity contribution < 1.29 is 9.13 Å². The number of hydrogen-bond acceptors (Lipinski definition) is 2. The minimum Gasteiger partial charge on any atom is -0.486 e. The number of benzene rings is 1. The standard InChI is InChI=1S/C15H22FNO/c1-10-7-12(9-17-10)18-14-6-5-11(8-13(14)16)15(2,3)4/h5-6,8,10,12,17H,7,9H2,1-4H3/t10-,12-/m1/s1. The van der Waals surface area contributed by atoms with Crippen LogP contribution in [0.25, 0.3) is 0 Å². The van der Waals surface area contributed by atoms with E-state index in [9.17, 15) is 4.39 Å². The van der Waals surface area contributed by atoms with Gasteiger partial charge in [-0.3, -0.25) is 0 Å². The van der Waals surface area contributed by atoms with Crippen molar-refractivity contribution in [3.8, 4) is 5.75 Å². The highest BCUT2D eigenvalue weighted by Crippen LogP contribution is 2.28. The number of ether oxygens (including phenoxy) is 1. The Morgan fingerprint density at radius 1 is 1.33 bits per heavy atom. The maximum Gasteiger partial charge on any atom is 0.165 e. The maximum atomic E-state index is 14.0. The molecule has 2 rings (SSSR count). The Morgan fingerprint density at radius 2 is 2.06 bits per heavy atom. The number of hydrogen-bond donors (Lipinski definition) is 1. The zero-order chi connectivity index (χ0) is 13.3. The van der Waals surface area contributed by atoms with Gasteiger partial charge in [-0.25, -0.2) is 4.39 Å². The summed E-state index contributed by atoms with van der Waals surface area (Å²) in [4.78, 5) is 0. The van der Waals surface area contributed by atoms with E-state index in [1.807, 2.05) is 6.07 Å². The molecule has 18 heavy (non-hydrogen) atoms. The quantitative estimate of drug-likeness (QED) is 0.871. The van der Waals surface area contributed by atoms with E-state index in [0.717, 1.165) is 18.5 Å². The molecule has 2 nitrogen and oxygen atoms in total. The molecule has 1 aliphatic rings. The smallest absolute Gasteiger partial charge is 0.165 e. The Bertz CT molecular complexity index is 425. The minimum absolute atomic E-state index is 0.0389. The molecule has 1 aliphatic heterocycles. The maximum absolute atomic E-state index is 14.0. The van der Waals surface area contributed by atoms with Crippen LogP contribution < -0.4 is 10.1 Å². The van der Waals surface area contributed by atoms with E-state index in [0.29, 0.717) is 11.8 Å². The predicted octanol–water partition coefficient (Wildman–Crippen LogP) is 3.25. The van der Waals surface area contributed by atoms with Crippen molar-refractivity contribution in [2.24, 2.45) is 0 Å². The first-order valence-electron chi connectivity index (χ1n) is 6.56. The molecule has 0 amide bonds. The summed E-state index contributed by atoms with van der Waals surface area (Å²) in [5, 5.41) is 3.30. The topological polar surface area (TPSA) is 21.3 Å². The summed E-state index contributed by atoms with van der Waals surface area (Å²) in [5.74, 6) is 0.103. The normalized spacial score (nSPS) is 24.3. The van der Waals surface area contributed by atoms with Gasteiger partial charge in [0.2, 0.25) is 0 Å². The third kappa shape index (κ3) is 3.02. The van der Waals surface area contributed by atoms with E-state index in [1.54, 1.807) is 12.1 Å². The Hall–Kier alpha value is -1.09. The van der Waals surface area contributed by atoms with Crippen LogP contribution in [0.2, 0.25) is 0 Å². The van der Waals surface area contributed by atoms with E-state index >= 15 is 0 Å². The first-order chi connectivity index (χ1) is 8.36. The number of halogens is 1. The molecule has 0 spiro atoms. The molecule has 0 radical (unpaired) electrons. The molecular weight excluding hydrogens is 229 g/mol. The van der Waals surface area contributed by atoms with Crippen LogP contribution in [0.1, 0.15) is 39.7 Å². The highest BCUT2D eigenvalue weighted by Gasteiger charge is 2.23. The van der Waals surface area contributed by atoms with E-state index in [4.69, 9.17) is 4.74 Å². The molecule has 0 bridgehead atoms. The lowest BCUT2D eigenvalue weighted by Gasteiger charge is -2.20. The van der Waals surface area contributed by atoms with Crippen molar-refractivity contribution in [3.05, 3.63) is 29.6 Å². The first-order valence-corrected chi connectivity index (χ1v) is 6.56. The van der Waals surface area contributed by atoms with Gasteiger partial charge in [0.25, 0.3) is 0 Å². The Balaban J connectivity index is 2.10. The molecule has 3 heteroatoms. The minimum atomic E-state index is -0.262. The average molecular weight is 251 g/mol. The van der Waals surface area contributed by atoms with Crippen molar-refractivity contribution in [2.45, 2.75) is 51.7 Å². The van der Waals surface area contributed by atoms with Crippen LogP contribution in [0.15, 0.2) is 18.2 Å². The zero-order valence-corrected chi connectivity index (χ0v) is 11.6. The van der Waals surface area contributed by atoms with Crippen LogP contribution in [0.5, 0.6) is 5.75 Å². The third-order valence-electron chi connectivity index (χ3n) is 3.40. The van der Waals surface area contributed by atoms with E-state index in [1.165, 1.54) is 0 Å². The van der Waals surface area contributed by atoms with Crippen LogP contribution in [0, 0.1) is 5.82 Å². The van der Waals surface area contributed by atoms with Crippen LogP contribution in [0.3, 0.4) is 0 Å². The largest absolute Gasteiger partial charge is 0.486 e. The molecule has 0 aromatic heterocycles. The molecule has 0 aliphatic carbocycles. The molecule has 1 fully saturated rings. The first kappa shape index (κ1) is 13.3. The second-order valence-corrected chi connectivity index (χ2v) is 6.18. The fraction of sp³-hybridized carbons (Fsp3) is 0.600. The van der Waals surface area contributed by atoms with Gasteiger partial charge in [0, 0.05) is 19.0 Å². The second-order valence-electron chi connectivity index (χ2n) is 6.18. The van der Waals surface area contributed by atoms with Crippen molar-refractivity contribution in [1.29, 1.82) is 0 Å². The van der Waals surface area contributed by atoms with Gasteiger partial charge in [-0.1, -0.05) is 26.8 Å². The van der Waals surface area contributed by atoms with E-state index in [-0.39, 0.29) is 17.3 Å². The van der Waals surface area contributed by atoms with Gasteiger partial charge < -0.3 is 10.1 Å². The summed E-state index contributed by atoms with van der Waals surface area (Å²) < 4.78 is 19.7. The lowest BCUT2D eigenvalue weighted by molar-refractivity contribution is 0.210. The average Bonchev–Trinajstić information content (AvgIpc) is 2.65. The fourth-order valence-corrected chi connectivity index (χ4v) is 2.23. The van der Waals surface area contributed by atoms with Crippen LogP contribution in [0.4, 0.5) is 4.39 Å². The lowest BCUT2D eigenvalue weighted by atomic mass is 9.87. The molecule has 1 aromatic carbocycles. The predicted molar refractivity (Wildman–Crippen MR) is 71.6 cm³/mol. The SMILES string of the molecule is C[C@@H]1C[C@@H](Oc2ccc(C(C)(C)C)cc2F)CN1. The monoisotopic (exact) mass is 251 g/mol. The molecule has 2 atom stereocenters. The second kappa shape index (κ2) is 4.88. The molecule has 1 N–H and O–H groups in total. The molecule has 0 saturated carbocycles. The van der Waals surface area contributed by atoms with Crippen molar-refractivity contribution in [3.63, 3.8) is 0 Å². The molecule has 1 aromatic rings. The summed E-state index contributed by atoms with van der Waals surface area (Å²) >= 11 is 0. The molecule has 1 saturated heterocycles. The third-order valence-corrected chi connectivity index (χ3v) is 3.40. The van der Waals surface area contributed by atoms with Gasteiger partial charge in [0.05, 0.1) is 0 Å². The number of nitrogens with one attached hydrogen (secondary N) is 1. The van der Waals surface area contributed by atoms with Gasteiger partial charge in [-0.2, -0.15) is 0 Å². The van der Waals surface area contributed by atoms with Gasteiger partial charge >= 0.3 is 0 Å². The van der Waals surface area contributed by atoms with Gasteiger partial charge in [-0.15, -0.1) is 0 Å². The van der Waals surface area contributed by atoms with Gasteiger partial charge in [0.1, 0.15) is 6.10 Å². The highest BCUT2D eigenvalue weighted by molar-refractivity contribution is 5.33. The molecule has 0 unspecified atom stereocenters. The lowest BCUT2D eigenvalue weighted by Crippen LogP contribution is -2.21.